The van der Waals surface area contributed by atoms with Crippen LogP contribution < -0.4 is 5.32 Å². The number of rotatable bonds is 4. The summed E-state index contributed by atoms with van der Waals surface area (Å²) in [6.07, 6.45) is 0.362. The number of amides is 1. The Morgan fingerprint density at radius 2 is 2.30 bits per heavy atom. The Balaban J connectivity index is 2.37. The Hall–Kier alpha value is -1.45. The molecule has 2 rings (SSSR count). The summed E-state index contributed by atoms with van der Waals surface area (Å²) in [6.45, 7) is 2.17. The SMILES string of the molecule is CCC1C(=O)NCCN1S(=O)(=O)c1csc(C(=O)O)c1. The van der Waals surface area contributed by atoms with Gasteiger partial charge in [0.05, 0.1) is 4.90 Å². The normalized spacial score (nSPS) is 20.6. The molecule has 0 bridgehead atoms. The number of nitrogens with one attached hydrogen (secondary N) is 1. The molecule has 0 aromatic carbocycles. The van der Waals surface area contributed by atoms with E-state index in [9.17, 15) is 18.0 Å². The summed E-state index contributed by atoms with van der Waals surface area (Å²) >= 11 is 0.852. The Labute approximate surface area is 120 Å². The molecule has 7 nitrogen and oxygen atoms in total. The lowest BCUT2D eigenvalue weighted by Crippen LogP contribution is -2.56. The maximum Gasteiger partial charge on any atom is 0.345 e. The van der Waals surface area contributed by atoms with Crippen molar-refractivity contribution in [2.45, 2.75) is 24.3 Å². The number of sulfonamides is 1. The molecule has 1 unspecified atom stereocenters. The van der Waals surface area contributed by atoms with Gasteiger partial charge in [-0.1, -0.05) is 6.92 Å². The number of carboxylic acids is 1. The summed E-state index contributed by atoms with van der Waals surface area (Å²) in [5, 5.41) is 12.8. The number of nitrogens with zero attached hydrogens (tertiary/aromatic N) is 1. The standard InChI is InChI=1S/C11H14N2O5S2/c1-2-8-10(14)12-3-4-13(8)20(17,18)7-5-9(11(15)16)19-6-7/h5-6,8H,2-4H2,1H3,(H,12,14)(H,15,16). The molecule has 0 radical (unpaired) electrons. The van der Waals surface area contributed by atoms with E-state index in [1.807, 2.05) is 0 Å². The van der Waals surface area contributed by atoms with Gasteiger partial charge in [0.1, 0.15) is 10.9 Å². The van der Waals surface area contributed by atoms with Crippen LogP contribution in [0, 0.1) is 0 Å². The van der Waals surface area contributed by atoms with Crippen LogP contribution in [0.25, 0.3) is 0 Å². The van der Waals surface area contributed by atoms with E-state index in [0.717, 1.165) is 21.7 Å². The van der Waals surface area contributed by atoms with Crippen molar-refractivity contribution in [1.82, 2.24) is 9.62 Å². The van der Waals surface area contributed by atoms with Gasteiger partial charge in [0, 0.05) is 18.5 Å². The maximum atomic E-state index is 12.5. The third-order valence-electron chi connectivity index (χ3n) is 3.06. The summed E-state index contributed by atoms with van der Waals surface area (Å²) in [7, 11) is -3.85. The van der Waals surface area contributed by atoms with Crippen LogP contribution in [0.3, 0.4) is 0 Å². The third-order valence-corrected chi connectivity index (χ3v) is 6.01. The highest BCUT2D eigenvalue weighted by atomic mass is 32.2. The van der Waals surface area contributed by atoms with Crippen LogP contribution in [0.15, 0.2) is 16.3 Å². The average molecular weight is 318 g/mol. The molecule has 2 heterocycles. The fourth-order valence-electron chi connectivity index (χ4n) is 2.07. The second-order valence-corrected chi connectivity index (χ2v) is 7.08. The van der Waals surface area contributed by atoms with Crippen LogP contribution in [0.5, 0.6) is 0 Å². The van der Waals surface area contributed by atoms with Crippen LogP contribution in [0.1, 0.15) is 23.0 Å². The van der Waals surface area contributed by atoms with Gasteiger partial charge in [-0.2, -0.15) is 4.31 Å². The van der Waals surface area contributed by atoms with Gasteiger partial charge in [-0.05, 0) is 12.5 Å². The number of carbonyl (C=O) groups is 2. The largest absolute Gasteiger partial charge is 0.477 e. The van der Waals surface area contributed by atoms with Crippen LogP contribution >= 0.6 is 11.3 Å². The van der Waals surface area contributed by atoms with Crippen molar-refractivity contribution in [1.29, 1.82) is 0 Å². The fourth-order valence-corrected chi connectivity index (χ4v) is 4.83. The van der Waals surface area contributed by atoms with Gasteiger partial charge >= 0.3 is 5.97 Å². The monoisotopic (exact) mass is 318 g/mol. The lowest BCUT2D eigenvalue weighted by molar-refractivity contribution is -0.126. The highest BCUT2D eigenvalue weighted by molar-refractivity contribution is 7.89. The first-order valence-electron chi connectivity index (χ1n) is 5.99. The smallest absolute Gasteiger partial charge is 0.345 e. The molecule has 20 heavy (non-hydrogen) atoms. The zero-order valence-corrected chi connectivity index (χ0v) is 12.3. The summed E-state index contributed by atoms with van der Waals surface area (Å²) in [5.41, 5.74) is 0. The van der Waals surface area contributed by atoms with Gasteiger partial charge in [0.15, 0.2) is 0 Å². The highest BCUT2D eigenvalue weighted by Gasteiger charge is 2.37. The lowest BCUT2D eigenvalue weighted by atomic mass is 10.2. The Morgan fingerprint density at radius 1 is 1.60 bits per heavy atom. The highest BCUT2D eigenvalue weighted by Crippen LogP contribution is 2.25. The zero-order chi connectivity index (χ0) is 14.9. The summed E-state index contributed by atoms with van der Waals surface area (Å²) in [4.78, 5) is 22.4. The molecule has 1 atom stereocenters. The van der Waals surface area contributed by atoms with Crippen LogP contribution in [0.4, 0.5) is 0 Å². The van der Waals surface area contributed by atoms with Crippen molar-refractivity contribution < 1.29 is 23.1 Å². The first-order valence-corrected chi connectivity index (χ1v) is 8.31. The molecule has 0 aliphatic carbocycles. The molecule has 110 valence electrons. The van der Waals surface area contributed by atoms with E-state index in [1.54, 1.807) is 6.92 Å². The van der Waals surface area contributed by atoms with Gasteiger partial charge in [-0.3, -0.25) is 4.79 Å². The molecular weight excluding hydrogens is 304 g/mol. The first-order chi connectivity index (χ1) is 9.37. The van der Waals surface area contributed by atoms with E-state index in [0.29, 0.717) is 6.42 Å². The Kier molecular flexibility index (Phi) is 4.11. The predicted molar refractivity (Wildman–Crippen MR) is 72.3 cm³/mol. The molecule has 1 fully saturated rings. The van der Waals surface area contributed by atoms with Crippen molar-refractivity contribution in [3.8, 4) is 0 Å². The molecule has 1 amide bonds. The van der Waals surface area contributed by atoms with Crippen molar-refractivity contribution >= 4 is 33.2 Å². The molecule has 1 aromatic rings. The van der Waals surface area contributed by atoms with Crippen molar-refractivity contribution in [2.75, 3.05) is 13.1 Å². The van der Waals surface area contributed by atoms with Crippen LogP contribution in [0.2, 0.25) is 0 Å². The predicted octanol–water partition coefficient (Wildman–Crippen LogP) is 0.345. The molecule has 1 saturated heterocycles. The quantitative estimate of drug-likeness (QED) is 0.833. The van der Waals surface area contributed by atoms with Gasteiger partial charge in [0.2, 0.25) is 15.9 Å². The van der Waals surface area contributed by atoms with Crippen LogP contribution in [-0.2, 0) is 14.8 Å². The molecule has 1 aliphatic rings. The molecule has 0 spiro atoms. The van der Waals surface area contributed by atoms with E-state index in [-0.39, 0.29) is 28.8 Å². The Bertz CT molecular complexity index is 637. The summed E-state index contributed by atoms with van der Waals surface area (Å²) < 4.78 is 26.1. The number of hydrogen-bond acceptors (Lipinski definition) is 5. The fraction of sp³-hybridized carbons (Fsp3) is 0.455. The number of hydrogen-bond donors (Lipinski definition) is 2. The summed E-state index contributed by atoms with van der Waals surface area (Å²) in [6, 6.07) is 0.378. The lowest BCUT2D eigenvalue weighted by Gasteiger charge is -2.33. The number of carbonyl (C=O) groups excluding carboxylic acids is 1. The maximum absolute atomic E-state index is 12.5. The van der Waals surface area contributed by atoms with Gasteiger partial charge < -0.3 is 10.4 Å². The van der Waals surface area contributed by atoms with E-state index in [2.05, 4.69) is 5.32 Å². The van der Waals surface area contributed by atoms with E-state index in [1.165, 1.54) is 5.38 Å². The van der Waals surface area contributed by atoms with Crippen molar-refractivity contribution in [2.24, 2.45) is 0 Å². The Morgan fingerprint density at radius 3 is 2.85 bits per heavy atom. The molecule has 1 aliphatic heterocycles. The summed E-state index contributed by atoms with van der Waals surface area (Å²) in [5.74, 6) is -1.49. The molecule has 0 saturated carbocycles. The number of piperazine rings is 1. The second-order valence-electron chi connectivity index (χ2n) is 4.28. The van der Waals surface area contributed by atoms with Crippen molar-refractivity contribution in [3.05, 3.63) is 16.3 Å². The topological polar surface area (TPSA) is 104 Å². The first kappa shape index (κ1) is 14.9. The molecule has 1 aromatic heterocycles. The minimum absolute atomic E-state index is 0.0434. The van der Waals surface area contributed by atoms with E-state index >= 15 is 0 Å². The molecule has 9 heteroatoms. The van der Waals surface area contributed by atoms with Gasteiger partial charge in [-0.15, -0.1) is 11.3 Å². The number of carboxylic acid groups (broad SMARTS) is 1. The van der Waals surface area contributed by atoms with E-state index in [4.69, 9.17) is 5.11 Å². The molecular formula is C11H14N2O5S2. The minimum Gasteiger partial charge on any atom is -0.477 e. The minimum atomic E-state index is -3.85. The third kappa shape index (κ3) is 2.56. The van der Waals surface area contributed by atoms with Crippen molar-refractivity contribution in [3.63, 3.8) is 0 Å². The van der Waals surface area contributed by atoms with Gasteiger partial charge in [-0.25, -0.2) is 13.2 Å². The zero-order valence-electron chi connectivity index (χ0n) is 10.7. The number of thiophene rings is 1. The van der Waals surface area contributed by atoms with Gasteiger partial charge in [0.25, 0.3) is 0 Å². The second kappa shape index (κ2) is 5.51. The number of aromatic carboxylic acids is 1. The van der Waals surface area contributed by atoms with E-state index < -0.39 is 22.0 Å². The average Bonchev–Trinajstić information content (AvgIpc) is 2.88. The molecule has 2 N–H and O–H groups in total. The van der Waals surface area contributed by atoms with Crippen LogP contribution in [-0.4, -0.2) is 48.8 Å².